The van der Waals surface area contributed by atoms with E-state index < -0.39 is 0 Å². The fourth-order valence-electron chi connectivity index (χ4n) is 3.31. The van der Waals surface area contributed by atoms with Crippen LogP contribution in [-0.4, -0.2) is 6.61 Å². The summed E-state index contributed by atoms with van der Waals surface area (Å²) < 4.78 is 5.84. The normalized spacial score (nSPS) is 31.9. The molecule has 1 nitrogen and oxygen atoms in total. The van der Waals surface area contributed by atoms with Gasteiger partial charge in [0.1, 0.15) is 5.75 Å². The van der Waals surface area contributed by atoms with E-state index in [2.05, 4.69) is 0 Å². The smallest absolute Gasteiger partial charge is 0.119 e. The Kier molecular flexibility index (Phi) is 2.81. The van der Waals surface area contributed by atoms with Crippen molar-refractivity contribution >= 4 is 11.6 Å². The van der Waals surface area contributed by atoms with Gasteiger partial charge in [-0.15, -0.1) is 0 Å². The third-order valence-electron chi connectivity index (χ3n) is 4.16. The fraction of sp³-hybridized carbons (Fsp3) is 0.571. The molecule has 2 aliphatic carbocycles. The average Bonchev–Trinajstić information content (AvgIpc) is 2.90. The Labute approximate surface area is 102 Å². The van der Waals surface area contributed by atoms with Gasteiger partial charge < -0.3 is 4.74 Å². The number of fused-ring (bicyclic) bond motifs is 2. The Balaban J connectivity index is 1.55. The van der Waals surface area contributed by atoms with Crippen LogP contribution in [-0.2, 0) is 0 Å². The first-order chi connectivity index (χ1) is 7.81. The molecule has 0 aliphatic heterocycles. The summed E-state index contributed by atoms with van der Waals surface area (Å²) in [6.45, 7) is 0.892. The number of hydrogen-bond donors (Lipinski definition) is 0. The van der Waals surface area contributed by atoms with Gasteiger partial charge in [0.2, 0.25) is 0 Å². The van der Waals surface area contributed by atoms with Crippen molar-refractivity contribution in [3.05, 3.63) is 29.3 Å². The summed E-state index contributed by atoms with van der Waals surface area (Å²) in [7, 11) is 0. The van der Waals surface area contributed by atoms with Crippen LogP contribution in [0.4, 0.5) is 0 Å². The maximum absolute atomic E-state index is 5.84. The van der Waals surface area contributed by atoms with Crippen LogP contribution < -0.4 is 4.74 Å². The molecule has 3 unspecified atom stereocenters. The molecule has 2 bridgehead atoms. The van der Waals surface area contributed by atoms with Crippen molar-refractivity contribution in [1.82, 2.24) is 0 Å². The summed E-state index contributed by atoms with van der Waals surface area (Å²) >= 11 is 5.83. The molecule has 2 fully saturated rings. The molecule has 2 saturated carbocycles. The summed E-state index contributed by atoms with van der Waals surface area (Å²) in [5.74, 6) is 3.70. The minimum Gasteiger partial charge on any atom is -0.493 e. The largest absolute Gasteiger partial charge is 0.493 e. The molecule has 0 N–H and O–H groups in total. The Morgan fingerprint density at radius 3 is 2.56 bits per heavy atom. The van der Waals surface area contributed by atoms with Gasteiger partial charge in [-0.1, -0.05) is 18.0 Å². The van der Waals surface area contributed by atoms with Crippen molar-refractivity contribution in [3.63, 3.8) is 0 Å². The summed E-state index contributed by atoms with van der Waals surface area (Å²) in [4.78, 5) is 0. The monoisotopic (exact) mass is 236 g/mol. The van der Waals surface area contributed by atoms with Crippen LogP contribution in [0.15, 0.2) is 24.3 Å². The third kappa shape index (κ3) is 2.06. The van der Waals surface area contributed by atoms with E-state index in [9.17, 15) is 0 Å². The molecule has 2 heteroatoms. The predicted octanol–water partition coefficient (Wildman–Crippen LogP) is 4.16. The zero-order valence-corrected chi connectivity index (χ0v) is 10.1. The summed E-state index contributed by atoms with van der Waals surface area (Å²) in [5, 5.41) is 0.771. The number of halogens is 1. The van der Waals surface area contributed by atoms with E-state index in [0.29, 0.717) is 0 Å². The number of benzene rings is 1. The Morgan fingerprint density at radius 1 is 1.12 bits per heavy atom. The van der Waals surface area contributed by atoms with Crippen molar-refractivity contribution in [1.29, 1.82) is 0 Å². The van der Waals surface area contributed by atoms with Crippen LogP contribution in [0.1, 0.15) is 25.7 Å². The van der Waals surface area contributed by atoms with Gasteiger partial charge in [-0.2, -0.15) is 0 Å². The lowest BCUT2D eigenvalue weighted by molar-refractivity contribution is 0.195. The van der Waals surface area contributed by atoms with Crippen molar-refractivity contribution in [2.45, 2.75) is 25.7 Å². The first-order valence-electron chi connectivity index (χ1n) is 6.19. The Hall–Kier alpha value is -0.690. The topological polar surface area (TPSA) is 9.23 Å². The molecular formula is C14H17ClO. The first kappa shape index (κ1) is 10.5. The summed E-state index contributed by atoms with van der Waals surface area (Å²) in [6, 6.07) is 7.68. The van der Waals surface area contributed by atoms with E-state index >= 15 is 0 Å². The summed E-state index contributed by atoms with van der Waals surface area (Å²) in [6.07, 6.45) is 5.73. The lowest BCUT2D eigenvalue weighted by Crippen LogP contribution is -2.18. The number of rotatable bonds is 3. The molecule has 2 aliphatic rings. The van der Waals surface area contributed by atoms with Gasteiger partial charge in [0.15, 0.2) is 0 Å². The van der Waals surface area contributed by atoms with Crippen molar-refractivity contribution in [3.8, 4) is 5.75 Å². The van der Waals surface area contributed by atoms with Crippen LogP contribution >= 0.6 is 11.6 Å². The highest BCUT2D eigenvalue weighted by atomic mass is 35.5. The van der Waals surface area contributed by atoms with E-state index in [1.54, 1.807) is 0 Å². The van der Waals surface area contributed by atoms with E-state index in [1.165, 1.54) is 25.7 Å². The lowest BCUT2D eigenvalue weighted by Gasteiger charge is -2.21. The van der Waals surface area contributed by atoms with Gasteiger partial charge in [-0.05, 0) is 61.3 Å². The second kappa shape index (κ2) is 4.29. The maximum Gasteiger partial charge on any atom is 0.119 e. The summed E-state index contributed by atoms with van der Waals surface area (Å²) in [5.41, 5.74) is 0. The second-order valence-electron chi connectivity index (χ2n) is 5.20. The molecule has 0 amide bonds. The Morgan fingerprint density at radius 2 is 1.94 bits per heavy atom. The highest BCUT2D eigenvalue weighted by molar-refractivity contribution is 6.30. The van der Waals surface area contributed by atoms with Crippen molar-refractivity contribution in [2.75, 3.05) is 6.61 Å². The van der Waals surface area contributed by atoms with Gasteiger partial charge in [0.05, 0.1) is 6.61 Å². The van der Waals surface area contributed by atoms with Crippen molar-refractivity contribution < 1.29 is 4.74 Å². The molecule has 0 radical (unpaired) electrons. The highest BCUT2D eigenvalue weighted by Crippen LogP contribution is 2.48. The van der Waals surface area contributed by atoms with Crippen LogP contribution in [0.25, 0.3) is 0 Å². The van der Waals surface area contributed by atoms with Gasteiger partial charge in [-0.3, -0.25) is 0 Å². The average molecular weight is 237 g/mol. The molecule has 1 aromatic carbocycles. The number of ether oxygens (including phenoxy) is 1. The molecule has 3 atom stereocenters. The maximum atomic E-state index is 5.84. The Bertz CT molecular complexity index is 360. The standard InChI is InChI=1S/C14H17ClO/c15-13-3-5-14(6-4-13)16-9-12-8-10-1-2-11(12)7-10/h3-6,10-12H,1-2,7-9H2. The van der Waals surface area contributed by atoms with Gasteiger partial charge in [0.25, 0.3) is 0 Å². The third-order valence-corrected chi connectivity index (χ3v) is 4.41. The quantitative estimate of drug-likeness (QED) is 0.766. The molecule has 3 rings (SSSR count). The first-order valence-corrected chi connectivity index (χ1v) is 6.57. The van der Waals surface area contributed by atoms with Gasteiger partial charge in [0, 0.05) is 5.02 Å². The van der Waals surface area contributed by atoms with Crippen LogP contribution in [0.5, 0.6) is 5.75 Å². The lowest BCUT2D eigenvalue weighted by atomic mass is 9.89. The highest BCUT2D eigenvalue weighted by Gasteiger charge is 2.39. The van der Waals surface area contributed by atoms with Crippen LogP contribution in [0.3, 0.4) is 0 Å². The molecule has 0 heterocycles. The predicted molar refractivity (Wildman–Crippen MR) is 65.9 cm³/mol. The number of hydrogen-bond acceptors (Lipinski definition) is 1. The van der Waals surface area contributed by atoms with Gasteiger partial charge >= 0.3 is 0 Å². The van der Waals surface area contributed by atoms with Crippen LogP contribution in [0.2, 0.25) is 5.02 Å². The molecule has 86 valence electrons. The minimum absolute atomic E-state index is 0.771. The van der Waals surface area contributed by atoms with Crippen molar-refractivity contribution in [2.24, 2.45) is 17.8 Å². The van der Waals surface area contributed by atoms with E-state index in [4.69, 9.17) is 16.3 Å². The van der Waals surface area contributed by atoms with E-state index in [1.807, 2.05) is 24.3 Å². The van der Waals surface area contributed by atoms with E-state index in [-0.39, 0.29) is 0 Å². The fourth-order valence-corrected chi connectivity index (χ4v) is 3.44. The van der Waals surface area contributed by atoms with Gasteiger partial charge in [-0.25, -0.2) is 0 Å². The second-order valence-corrected chi connectivity index (χ2v) is 5.64. The molecule has 0 spiro atoms. The zero-order chi connectivity index (χ0) is 11.0. The molecule has 0 saturated heterocycles. The SMILES string of the molecule is Clc1ccc(OCC2CC3CCC2C3)cc1. The zero-order valence-electron chi connectivity index (χ0n) is 9.36. The molecule has 1 aromatic rings. The molecule has 0 aromatic heterocycles. The van der Waals surface area contributed by atoms with Crippen LogP contribution in [0, 0.1) is 17.8 Å². The minimum atomic E-state index is 0.771. The molecule has 16 heavy (non-hydrogen) atoms. The van der Waals surface area contributed by atoms with E-state index in [0.717, 1.165) is 35.1 Å². The molecular weight excluding hydrogens is 220 g/mol.